The van der Waals surface area contributed by atoms with Gasteiger partial charge in [0.05, 0.1) is 17.6 Å². The monoisotopic (exact) mass is 356 g/mol. The number of rotatable bonds is 2. The third-order valence-corrected chi connectivity index (χ3v) is 4.45. The van der Waals surface area contributed by atoms with Crippen molar-refractivity contribution in [2.45, 2.75) is 39.7 Å². The zero-order valence-electron chi connectivity index (χ0n) is 16.1. The van der Waals surface area contributed by atoms with Gasteiger partial charge in [-0.1, -0.05) is 29.8 Å². The molecule has 3 rings (SSSR count). The summed E-state index contributed by atoms with van der Waals surface area (Å²) < 4.78 is 5.51. The van der Waals surface area contributed by atoms with Gasteiger partial charge in [-0.3, -0.25) is 5.10 Å². The van der Waals surface area contributed by atoms with E-state index in [0.29, 0.717) is 13.1 Å². The quantitative estimate of drug-likeness (QED) is 0.888. The molecule has 0 radical (unpaired) electrons. The van der Waals surface area contributed by atoms with Crippen molar-refractivity contribution in [1.29, 1.82) is 0 Å². The highest BCUT2D eigenvalue weighted by Gasteiger charge is 2.25. The summed E-state index contributed by atoms with van der Waals surface area (Å²) in [4.78, 5) is 16.4. The van der Waals surface area contributed by atoms with Crippen LogP contribution in [0.3, 0.4) is 0 Å². The Balaban J connectivity index is 1.71. The molecule has 1 aliphatic heterocycles. The second-order valence-electron chi connectivity index (χ2n) is 7.80. The van der Waals surface area contributed by atoms with Crippen LogP contribution in [0.25, 0.3) is 11.3 Å². The first-order valence-electron chi connectivity index (χ1n) is 9.17. The average Bonchev–Trinajstić information content (AvgIpc) is 2.91. The Hall–Kier alpha value is -2.50. The fraction of sp³-hybridized carbons (Fsp3) is 0.500. The second-order valence-corrected chi connectivity index (χ2v) is 7.80. The number of ether oxygens (including phenoxy) is 1. The van der Waals surface area contributed by atoms with Crippen molar-refractivity contribution in [3.8, 4) is 11.3 Å². The molecule has 0 bridgehead atoms. The number of aromatic nitrogens is 2. The van der Waals surface area contributed by atoms with Gasteiger partial charge in [0.1, 0.15) is 5.60 Å². The lowest BCUT2D eigenvalue weighted by Crippen LogP contribution is -2.39. The number of hydrogen-bond donors (Lipinski definition) is 1. The van der Waals surface area contributed by atoms with Crippen molar-refractivity contribution in [1.82, 2.24) is 15.1 Å². The van der Waals surface area contributed by atoms with Crippen molar-refractivity contribution in [3.05, 3.63) is 36.0 Å². The Kier molecular flexibility index (Phi) is 5.20. The molecule has 26 heavy (non-hydrogen) atoms. The summed E-state index contributed by atoms with van der Waals surface area (Å²) in [6.07, 6.45) is 2.54. The molecule has 140 valence electrons. The lowest BCUT2D eigenvalue weighted by atomic mass is 10.1. The highest BCUT2D eigenvalue weighted by molar-refractivity contribution is 5.75. The summed E-state index contributed by atoms with van der Waals surface area (Å²) in [5, 5.41) is 7.38. The van der Waals surface area contributed by atoms with Crippen LogP contribution in [0.1, 0.15) is 32.8 Å². The van der Waals surface area contributed by atoms with E-state index in [9.17, 15) is 4.79 Å². The number of nitrogens with zero attached hydrogens (tertiary/aromatic N) is 3. The van der Waals surface area contributed by atoms with Crippen molar-refractivity contribution < 1.29 is 9.53 Å². The third kappa shape index (κ3) is 4.36. The van der Waals surface area contributed by atoms with E-state index in [1.54, 1.807) is 4.90 Å². The number of carbonyl (C=O) groups excluding carboxylic acids is 1. The van der Waals surface area contributed by atoms with Gasteiger partial charge in [-0.05, 0) is 34.1 Å². The molecule has 1 N–H and O–H groups in total. The number of aromatic amines is 1. The van der Waals surface area contributed by atoms with Crippen molar-refractivity contribution >= 4 is 11.8 Å². The van der Waals surface area contributed by atoms with Crippen LogP contribution < -0.4 is 4.90 Å². The number of hydrogen-bond acceptors (Lipinski definition) is 4. The van der Waals surface area contributed by atoms with Crippen LogP contribution in [0.15, 0.2) is 30.5 Å². The van der Waals surface area contributed by atoms with Crippen LogP contribution in [-0.4, -0.2) is 53.0 Å². The number of aryl methyl sites for hydroxylation is 1. The fourth-order valence-corrected chi connectivity index (χ4v) is 3.12. The minimum Gasteiger partial charge on any atom is -0.444 e. The predicted octanol–water partition coefficient (Wildman–Crippen LogP) is 3.83. The van der Waals surface area contributed by atoms with Gasteiger partial charge in [-0.25, -0.2) is 4.79 Å². The minimum absolute atomic E-state index is 0.231. The number of H-pyrrole nitrogens is 1. The van der Waals surface area contributed by atoms with Crippen LogP contribution in [0.5, 0.6) is 0 Å². The Labute approximate surface area is 155 Å². The van der Waals surface area contributed by atoms with Gasteiger partial charge in [-0.2, -0.15) is 5.10 Å². The predicted molar refractivity (Wildman–Crippen MR) is 103 cm³/mol. The summed E-state index contributed by atoms with van der Waals surface area (Å²) in [6, 6.07) is 8.42. The Morgan fingerprint density at radius 1 is 1.12 bits per heavy atom. The number of carbonyl (C=O) groups is 1. The molecule has 0 saturated carbocycles. The molecule has 0 aliphatic carbocycles. The lowest BCUT2D eigenvalue weighted by molar-refractivity contribution is 0.0263. The normalized spacial score (nSPS) is 15.7. The molecule has 0 unspecified atom stereocenters. The van der Waals surface area contributed by atoms with Crippen LogP contribution in [0, 0.1) is 6.92 Å². The first kappa shape index (κ1) is 18.3. The molecular weight excluding hydrogens is 328 g/mol. The van der Waals surface area contributed by atoms with E-state index in [0.717, 1.165) is 36.5 Å². The van der Waals surface area contributed by atoms with Crippen molar-refractivity contribution in [2.75, 3.05) is 31.1 Å². The molecule has 6 nitrogen and oxygen atoms in total. The van der Waals surface area contributed by atoms with Crippen LogP contribution >= 0.6 is 0 Å². The standard InChI is InChI=1S/C20H28N4O2/c1-15-6-8-16(9-7-15)18-17(14-21-22-18)23-10-5-11-24(13-12-23)19(25)26-20(2,3)4/h6-9,14H,5,10-13H2,1-4H3,(H,21,22). The molecule has 2 heterocycles. The molecule has 0 atom stereocenters. The molecule has 0 spiro atoms. The largest absolute Gasteiger partial charge is 0.444 e. The summed E-state index contributed by atoms with van der Waals surface area (Å²) in [5.41, 5.74) is 4.00. The van der Waals surface area contributed by atoms with Gasteiger partial charge in [0, 0.05) is 31.7 Å². The van der Waals surface area contributed by atoms with E-state index in [-0.39, 0.29) is 6.09 Å². The van der Waals surface area contributed by atoms with Gasteiger partial charge in [0.2, 0.25) is 0 Å². The van der Waals surface area contributed by atoms with E-state index >= 15 is 0 Å². The molecule has 1 fully saturated rings. The number of benzene rings is 1. The minimum atomic E-state index is -0.466. The number of nitrogens with one attached hydrogen (secondary N) is 1. The number of amides is 1. The van der Waals surface area contributed by atoms with E-state index < -0.39 is 5.60 Å². The fourth-order valence-electron chi connectivity index (χ4n) is 3.12. The Morgan fingerprint density at radius 2 is 1.85 bits per heavy atom. The first-order valence-corrected chi connectivity index (χ1v) is 9.17. The van der Waals surface area contributed by atoms with Gasteiger partial charge in [0.15, 0.2) is 0 Å². The third-order valence-electron chi connectivity index (χ3n) is 4.45. The van der Waals surface area contributed by atoms with E-state index in [4.69, 9.17) is 4.74 Å². The molecule has 1 saturated heterocycles. The molecule has 1 aromatic heterocycles. The SMILES string of the molecule is Cc1ccc(-c2[nH]ncc2N2CCCN(C(=O)OC(C)(C)C)CC2)cc1. The van der Waals surface area contributed by atoms with Gasteiger partial charge in [0.25, 0.3) is 0 Å². The summed E-state index contributed by atoms with van der Waals surface area (Å²) >= 11 is 0. The molecule has 1 aromatic carbocycles. The van der Waals surface area contributed by atoms with Gasteiger partial charge >= 0.3 is 6.09 Å². The molecule has 1 amide bonds. The zero-order valence-corrected chi connectivity index (χ0v) is 16.1. The maximum absolute atomic E-state index is 12.3. The highest BCUT2D eigenvalue weighted by Crippen LogP contribution is 2.29. The molecular formula is C20H28N4O2. The van der Waals surface area contributed by atoms with Gasteiger partial charge in [-0.15, -0.1) is 0 Å². The summed E-state index contributed by atoms with van der Waals surface area (Å²) in [6.45, 7) is 10.8. The lowest BCUT2D eigenvalue weighted by Gasteiger charge is -2.26. The van der Waals surface area contributed by atoms with E-state index in [1.807, 2.05) is 27.0 Å². The Bertz CT molecular complexity index is 746. The van der Waals surface area contributed by atoms with E-state index in [1.165, 1.54) is 5.56 Å². The summed E-state index contributed by atoms with van der Waals surface area (Å²) in [5.74, 6) is 0. The van der Waals surface area contributed by atoms with E-state index in [2.05, 4.69) is 46.3 Å². The molecule has 2 aromatic rings. The maximum Gasteiger partial charge on any atom is 0.410 e. The van der Waals surface area contributed by atoms with Gasteiger partial charge < -0.3 is 14.5 Å². The zero-order chi connectivity index (χ0) is 18.7. The maximum atomic E-state index is 12.3. The van der Waals surface area contributed by atoms with Crippen LogP contribution in [0.2, 0.25) is 0 Å². The average molecular weight is 356 g/mol. The van der Waals surface area contributed by atoms with Crippen LogP contribution in [0.4, 0.5) is 10.5 Å². The van der Waals surface area contributed by atoms with Crippen molar-refractivity contribution in [3.63, 3.8) is 0 Å². The topological polar surface area (TPSA) is 61.5 Å². The smallest absolute Gasteiger partial charge is 0.410 e. The van der Waals surface area contributed by atoms with Crippen molar-refractivity contribution in [2.24, 2.45) is 0 Å². The highest BCUT2D eigenvalue weighted by atomic mass is 16.6. The second kappa shape index (κ2) is 7.40. The van der Waals surface area contributed by atoms with Crippen LogP contribution in [-0.2, 0) is 4.74 Å². The Morgan fingerprint density at radius 3 is 2.54 bits per heavy atom. The molecule has 1 aliphatic rings. The molecule has 6 heteroatoms. The summed E-state index contributed by atoms with van der Waals surface area (Å²) in [7, 11) is 0. The number of anilines is 1. The first-order chi connectivity index (χ1) is 12.3.